The number of carbonyl (C=O) groups excluding carboxylic acids is 2. The van der Waals surface area contributed by atoms with Gasteiger partial charge in [-0.15, -0.1) is 0 Å². The van der Waals surface area contributed by atoms with Crippen molar-refractivity contribution in [1.29, 1.82) is 0 Å². The molecule has 2 aromatic carbocycles. The topological polar surface area (TPSA) is 68.3 Å². The molecule has 1 unspecified atom stereocenters. The van der Waals surface area contributed by atoms with Gasteiger partial charge in [-0.25, -0.2) is 14.0 Å². The fraction of sp³-hybridized carbons (Fsp3) is 0.500. The minimum Gasteiger partial charge on any atom is -0.490 e. The Balaban J connectivity index is 2.25. The van der Waals surface area contributed by atoms with E-state index in [4.69, 9.17) is 14.2 Å². The van der Waals surface area contributed by atoms with Crippen molar-refractivity contribution in [2.24, 2.45) is 0 Å². The molecule has 1 amide bonds. The quantitative estimate of drug-likeness (QED) is 0.253. The summed E-state index contributed by atoms with van der Waals surface area (Å²) in [6.45, 7) is 9.47. The molecule has 3 rings (SSSR count). The molecule has 0 bridgehead atoms. The number of fused-ring (bicyclic) bond motifs is 1. The van der Waals surface area contributed by atoms with Crippen LogP contribution in [0.4, 0.5) is 14.9 Å². The van der Waals surface area contributed by atoms with Gasteiger partial charge in [-0.3, -0.25) is 4.90 Å². The normalized spacial score (nSPS) is 15.5. The predicted molar refractivity (Wildman–Crippen MR) is 138 cm³/mol. The Kier molecular flexibility index (Phi) is 8.61. The maximum atomic E-state index is 16.1. The second-order valence-corrected chi connectivity index (χ2v) is 10.2. The number of hydrogen-bond acceptors (Lipinski definition) is 6. The largest absolute Gasteiger partial charge is 0.490 e. The molecule has 1 heterocycles. The summed E-state index contributed by atoms with van der Waals surface area (Å²) in [5.74, 6) is -0.826. The number of carbonyl (C=O) groups is 2. The molecule has 0 aliphatic carbocycles. The van der Waals surface area contributed by atoms with E-state index in [2.05, 4.69) is 0 Å². The molecule has 0 fully saturated rings. The molecule has 0 radical (unpaired) electrons. The van der Waals surface area contributed by atoms with E-state index < -0.39 is 23.5 Å². The van der Waals surface area contributed by atoms with E-state index in [1.165, 1.54) is 4.90 Å². The molecule has 0 aromatic heterocycles. The lowest BCUT2D eigenvalue weighted by atomic mass is 9.89. The number of nitrogens with zero attached hydrogens (tertiary/aromatic N) is 2. The van der Waals surface area contributed by atoms with Crippen molar-refractivity contribution >= 4 is 17.7 Å². The summed E-state index contributed by atoms with van der Waals surface area (Å²) >= 11 is 0. The van der Waals surface area contributed by atoms with E-state index in [-0.39, 0.29) is 35.2 Å². The van der Waals surface area contributed by atoms with Crippen LogP contribution >= 0.6 is 0 Å². The van der Waals surface area contributed by atoms with Gasteiger partial charge in [0.1, 0.15) is 22.7 Å². The van der Waals surface area contributed by atoms with Crippen LogP contribution in [-0.4, -0.2) is 49.8 Å². The highest BCUT2D eigenvalue weighted by atomic mass is 19.1. The maximum absolute atomic E-state index is 16.1. The molecular weight excluding hydrogens is 463 g/mol. The van der Waals surface area contributed by atoms with Gasteiger partial charge >= 0.3 is 12.1 Å². The molecule has 196 valence electrons. The van der Waals surface area contributed by atoms with Gasteiger partial charge in [0.05, 0.1) is 12.3 Å². The first kappa shape index (κ1) is 27.5. The van der Waals surface area contributed by atoms with Crippen molar-refractivity contribution in [2.45, 2.75) is 65.5 Å². The fourth-order valence-corrected chi connectivity index (χ4v) is 4.27. The standard InChI is InChI=1S/C28H37FN2O5/c1-8-9-17-34-25-21(26(32)35-19-13-11-10-12-14-19)18(2)23(29)22-20(30(6)7)15-16-31(24(22)25)27(33)36-28(3,4)5/h10-14,20H,8-9,15-17H2,1-7H3. The number of benzene rings is 2. The summed E-state index contributed by atoms with van der Waals surface area (Å²) in [6.07, 6.45) is 1.47. The number of rotatable bonds is 7. The Morgan fingerprint density at radius 2 is 1.83 bits per heavy atom. The molecule has 1 atom stereocenters. The number of esters is 1. The minimum absolute atomic E-state index is 0.0285. The SMILES string of the molecule is CCCCOc1c(C(=O)Oc2ccccc2)c(C)c(F)c2c1N(C(=O)OC(C)(C)C)CCC2N(C)C. The Morgan fingerprint density at radius 1 is 1.17 bits per heavy atom. The highest BCUT2D eigenvalue weighted by molar-refractivity contribution is 6.02. The molecule has 0 saturated heterocycles. The van der Waals surface area contributed by atoms with E-state index >= 15 is 4.39 Å². The molecule has 0 saturated carbocycles. The molecule has 2 aromatic rings. The van der Waals surface area contributed by atoms with Crippen LogP contribution < -0.4 is 14.4 Å². The van der Waals surface area contributed by atoms with Gasteiger partial charge in [-0.2, -0.15) is 0 Å². The lowest BCUT2D eigenvalue weighted by Gasteiger charge is -2.39. The van der Waals surface area contributed by atoms with Gasteiger partial charge in [0.25, 0.3) is 0 Å². The first-order chi connectivity index (χ1) is 17.0. The summed E-state index contributed by atoms with van der Waals surface area (Å²) in [6, 6.07) is 8.27. The average Bonchev–Trinajstić information content (AvgIpc) is 2.80. The van der Waals surface area contributed by atoms with Crippen molar-refractivity contribution in [1.82, 2.24) is 4.90 Å². The van der Waals surface area contributed by atoms with E-state index in [0.29, 0.717) is 24.3 Å². The molecule has 7 nitrogen and oxygen atoms in total. The van der Waals surface area contributed by atoms with Crippen molar-refractivity contribution in [2.75, 3.05) is 32.1 Å². The molecule has 1 aliphatic rings. The summed E-state index contributed by atoms with van der Waals surface area (Å²) < 4.78 is 33.6. The fourth-order valence-electron chi connectivity index (χ4n) is 4.27. The van der Waals surface area contributed by atoms with E-state index in [0.717, 1.165) is 12.8 Å². The van der Waals surface area contributed by atoms with E-state index in [1.807, 2.05) is 25.9 Å². The first-order valence-electron chi connectivity index (χ1n) is 12.4. The number of halogens is 1. The second kappa shape index (κ2) is 11.3. The monoisotopic (exact) mass is 500 g/mol. The molecule has 0 spiro atoms. The van der Waals surface area contributed by atoms with Crippen molar-refractivity contribution in [3.8, 4) is 11.5 Å². The second-order valence-electron chi connectivity index (χ2n) is 10.2. The van der Waals surface area contributed by atoms with E-state index in [1.54, 1.807) is 58.0 Å². The Morgan fingerprint density at radius 3 is 2.42 bits per heavy atom. The van der Waals surface area contributed by atoms with Crippen LogP contribution in [0.15, 0.2) is 30.3 Å². The highest BCUT2D eigenvalue weighted by Gasteiger charge is 2.41. The number of hydrogen-bond donors (Lipinski definition) is 0. The van der Waals surface area contributed by atoms with Crippen LogP contribution in [0, 0.1) is 12.7 Å². The molecule has 36 heavy (non-hydrogen) atoms. The highest BCUT2D eigenvalue weighted by Crippen LogP contribution is 2.48. The summed E-state index contributed by atoms with van der Waals surface area (Å²) in [5.41, 5.74) is -0.110. The van der Waals surface area contributed by atoms with Crippen molar-refractivity contribution in [3.63, 3.8) is 0 Å². The number of anilines is 1. The number of amides is 1. The minimum atomic E-state index is -0.753. The van der Waals surface area contributed by atoms with Crippen LogP contribution in [0.1, 0.15) is 74.5 Å². The van der Waals surface area contributed by atoms with Crippen LogP contribution in [0.2, 0.25) is 0 Å². The van der Waals surface area contributed by atoms with Crippen LogP contribution in [0.3, 0.4) is 0 Å². The van der Waals surface area contributed by atoms with Gasteiger partial charge in [-0.05, 0) is 66.8 Å². The number of ether oxygens (including phenoxy) is 3. The number of para-hydroxylation sites is 1. The molecule has 1 aliphatic heterocycles. The van der Waals surface area contributed by atoms with Gasteiger partial charge < -0.3 is 19.1 Å². The Labute approximate surface area is 213 Å². The van der Waals surface area contributed by atoms with Crippen molar-refractivity contribution in [3.05, 3.63) is 52.8 Å². The van der Waals surface area contributed by atoms with Gasteiger partial charge in [0.15, 0.2) is 5.75 Å². The van der Waals surface area contributed by atoms with Crippen LogP contribution in [0.25, 0.3) is 0 Å². The average molecular weight is 501 g/mol. The van der Waals surface area contributed by atoms with Crippen LogP contribution in [0.5, 0.6) is 11.5 Å². The van der Waals surface area contributed by atoms with Crippen molar-refractivity contribution < 1.29 is 28.2 Å². The van der Waals surface area contributed by atoms with Gasteiger partial charge in [0, 0.05) is 23.7 Å². The maximum Gasteiger partial charge on any atom is 0.414 e. The lowest BCUT2D eigenvalue weighted by molar-refractivity contribution is 0.0568. The zero-order chi connectivity index (χ0) is 26.6. The zero-order valence-corrected chi connectivity index (χ0v) is 22.3. The number of unbranched alkanes of at least 4 members (excludes halogenated alkanes) is 1. The smallest absolute Gasteiger partial charge is 0.414 e. The van der Waals surface area contributed by atoms with Gasteiger partial charge in [0.2, 0.25) is 0 Å². The third kappa shape index (κ3) is 5.98. The van der Waals surface area contributed by atoms with Gasteiger partial charge in [-0.1, -0.05) is 31.5 Å². The predicted octanol–water partition coefficient (Wildman–Crippen LogP) is 6.28. The summed E-state index contributed by atoms with van der Waals surface area (Å²) in [5, 5.41) is 0. The molecule has 0 N–H and O–H groups in total. The van der Waals surface area contributed by atoms with E-state index in [9.17, 15) is 9.59 Å². The lowest BCUT2D eigenvalue weighted by Crippen LogP contribution is -2.43. The third-order valence-electron chi connectivity index (χ3n) is 6.01. The summed E-state index contributed by atoms with van der Waals surface area (Å²) in [4.78, 5) is 30.0. The first-order valence-corrected chi connectivity index (χ1v) is 12.4. The molecule has 8 heteroatoms. The Hall–Kier alpha value is -3.13. The summed E-state index contributed by atoms with van der Waals surface area (Å²) in [7, 11) is 3.73. The zero-order valence-electron chi connectivity index (χ0n) is 22.3. The Bertz CT molecular complexity index is 1100. The molecular formula is C28H37FN2O5. The third-order valence-corrected chi connectivity index (χ3v) is 6.01. The van der Waals surface area contributed by atoms with Crippen LogP contribution in [-0.2, 0) is 4.74 Å².